The molecule has 1 atom stereocenters. The minimum atomic E-state index is -1.13. The maximum atomic E-state index is 12.8. The molecule has 0 aromatic carbocycles. The van der Waals surface area contributed by atoms with Crippen molar-refractivity contribution in [3.63, 3.8) is 0 Å². The summed E-state index contributed by atoms with van der Waals surface area (Å²) in [4.78, 5) is 97.1. The number of aromatic nitrogens is 6. The van der Waals surface area contributed by atoms with E-state index >= 15 is 0 Å². The molecule has 0 aliphatic rings. The SMILES string of the molecule is CCOC(=O)CCC(NC(=O)c1cnc(N(Cc2cnc3nc(NC(C)=O)[nH]c(=O)c3n2)C(C)=O)cn1)C(=O)OCC. The molecule has 222 valence electrons. The molecule has 3 N–H and O–H groups in total. The number of nitrogens with zero attached hydrogens (tertiary/aromatic N) is 6. The molecule has 17 nitrogen and oxygen atoms in total. The Kier molecular flexibility index (Phi) is 10.6. The summed E-state index contributed by atoms with van der Waals surface area (Å²) in [6.07, 6.45) is 3.43. The van der Waals surface area contributed by atoms with Crippen LogP contribution >= 0.6 is 0 Å². The molecule has 3 amide bonds. The molecule has 0 bridgehead atoms. The van der Waals surface area contributed by atoms with Crippen molar-refractivity contribution in [2.24, 2.45) is 0 Å². The topological polar surface area (TPSA) is 228 Å². The summed E-state index contributed by atoms with van der Waals surface area (Å²) in [5.41, 5.74) is -0.710. The highest BCUT2D eigenvalue weighted by atomic mass is 16.5. The molecule has 0 saturated carbocycles. The van der Waals surface area contributed by atoms with Crippen molar-refractivity contribution in [3.8, 4) is 0 Å². The fourth-order valence-corrected chi connectivity index (χ4v) is 3.57. The molecule has 17 heteroatoms. The van der Waals surface area contributed by atoms with Crippen molar-refractivity contribution in [2.45, 2.75) is 53.1 Å². The summed E-state index contributed by atoms with van der Waals surface area (Å²) < 4.78 is 9.85. The average molecular weight is 584 g/mol. The van der Waals surface area contributed by atoms with Crippen LogP contribution in [-0.4, -0.2) is 78.8 Å². The van der Waals surface area contributed by atoms with Crippen LogP contribution in [0.3, 0.4) is 0 Å². The molecule has 3 heterocycles. The molecule has 42 heavy (non-hydrogen) atoms. The van der Waals surface area contributed by atoms with Crippen molar-refractivity contribution in [1.29, 1.82) is 0 Å². The van der Waals surface area contributed by atoms with Gasteiger partial charge in [0.2, 0.25) is 17.8 Å². The number of hydrogen-bond acceptors (Lipinski definition) is 13. The lowest BCUT2D eigenvalue weighted by atomic mass is 10.1. The predicted molar refractivity (Wildman–Crippen MR) is 145 cm³/mol. The summed E-state index contributed by atoms with van der Waals surface area (Å²) in [5, 5.41) is 4.84. The predicted octanol–water partition coefficient (Wildman–Crippen LogP) is 0.0194. The number of esters is 2. The van der Waals surface area contributed by atoms with Gasteiger partial charge in [-0.1, -0.05) is 0 Å². The Bertz CT molecular complexity index is 1540. The van der Waals surface area contributed by atoms with Crippen molar-refractivity contribution < 1.29 is 33.4 Å². The normalized spacial score (nSPS) is 11.3. The lowest BCUT2D eigenvalue weighted by molar-refractivity contribution is -0.147. The van der Waals surface area contributed by atoms with E-state index in [1.54, 1.807) is 13.8 Å². The van der Waals surface area contributed by atoms with Gasteiger partial charge in [0.05, 0.1) is 44.0 Å². The molecule has 0 aliphatic carbocycles. The zero-order chi connectivity index (χ0) is 30.8. The van der Waals surface area contributed by atoms with Gasteiger partial charge >= 0.3 is 11.9 Å². The molecule has 0 aliphatic heterocycles. The highest BCUT2D eigenvalue weighted by Gasteiger charge is 2.25. The van der Waals surface area contributed by atoms with Gasteiger partial charge in [0.25, 0.3) is 11.5 Å². The van der Waals surface area contributed by atoms with Crippen molar-refractivity contribution in [2.75, 3.05) is 23.4 Å². The average Bonchev–Trinajstić information content (AvgIpc) is 2.94. The van der Waals surface area contributed by atoms with E-state index in [4.69, 9.17) is 9.47 Å². The van der Waals surface area contributed by atoms with Crippen LogP contribution in [0.4, 0.5) is 11.8 Å². The van der Waals surface area contributed by atoms with Gasteiger partial charge in [0.1, 0.15) is 11.7 Å². The third-order valence-corrected chi connectivity index (χ3v) is 5.43. The van der Waals surface area contributed by atoms with Crippen LogP contribution in [-0.2, 0) is 35.2 Å². The number of fused-ring (bicyclic) bond motifs is 1. The Labute approximate surface area is 238 Å². The highest BCUT2D eigenvalue weighted by Crippen LogP contribution is 2.15. The Morgan fingerprint density at radius 3 is 2.33 bits per heavy atom. The number of aromatic amines is 1. The second kappa shape index (κ2) is 14.3. The minimum Gasteiger partial charge on any atom is -0.466 e. The van der Waals surface area contributed by atoms with E-state index in [1.165, 1.54) is 31.1 Å². The van der Waals surface area contributed by atoms with Crippen LogP contribution in [0.2, 0.25) is 0 Å². The minimum absolute atomic E-state index is 0.0147. The summed E-state index contributed by atoms with van der Waals surface area (Å²) in [6.45, 7) is 5.89. The Morgan fingerprint density at radius 2 is 1.71 bits per heavy atom. The zero-order valence-corrected chi connectivity index (χ0v) is 23.3. The Hall–Kier alpha value is -5.35. The largest absolute Gasteiger partial charge is 0.466 e. The van der Waals surface area contributed by atoms with Crippen LogP contribution in [0.5, 0.6) is 0 Å². The molecule has 3 rings (SSSR count). The molecular weight excluding hydrogens is 554 g/mol. The molecular formula is C25H29N9O8. The monoisotopic (exact) mass is 583 g/mol. The first-order valence-electron chi connectivity index (χ1n) is 12.8. The number of anilines is 2. The van der Waals surface area contributed by atoms with Gasteiger partial charge in [-0.25, -0.2) is 24.7 Å². The van der Waals surface area contributed by atoms with Crippen LogP contribution in [0.15, 0.2) is 23.4 Å². The number of nitrogens with one attached hydrogen (secondary N) is 3. The van der Waals surface area contributed by atoms with E-state index in [0.717, 1.165) is 6.20 Å². The number of H-pyrrole nitrogens is 1. The van der Waals surface area contributed by atoms with Crippen molar-refractivity contribution in [3.05, 3.63) is 40.3 Å². The molecule has 0 fully saturated rings. The smallest absolute Gasteiger partial charge is 0.328 e. The van der Waals surface area contributed by atoms with Gasteiger partial charge in [0.15, 0.2) is 17.0 Å². The van der Waals surface area contributed by atoms with Gasteiger partial charge in [-0.2, -0.15) is 4.98 Å². The molecule has 0 spiro atoms. The highest BCUT2D eigenvalue weighted by molar-refractivity contribution is 5.95. The van der Waals surface area contributed by atoms with E-state index in [2.05, 4.69) is 40.5 Å². The first-order valence-corrected chi connectivity index (χ1v) is 12.8. The summed E-state index contributed by atoms with van der Waals surface area (Å²) in [7, 11) is 0. The summed E-state index contributed by atoms with van der Waals surface area (Å²) >= 11 is 0. The van der Waals surface area contributed by atoms with Crippen molar-refractivity contribution >= 4 is 52.6 Å². The Balaban J connectivity index is 1.76. The first kappa shape index (κ1) is 31.2. The summed E-state index contributed by atoms with van der Waals surface area (Å²) in [5.74, 6) is -2.90. The van der Waals surface area contributed by atoms with Gasteiger partial charge in [0, 0.05) is 20.3 Å². The van der Waals surface area contributed by atoms with Gasteiger partial charge in [-0.05, 0) is 20.3 Å². The summed E-state index contributed by atoms with van der Waals surface area (Å²) in [6, 6.07) is -1.13. The molecule has 3 aromatic heterocycles. The van der Waals surface area contributed by atoms with E-state index in [9.17, 15) is 28.8 Å². The molecule has 1 unspecified atom stereocenters. The van der Waals surface area contributed by atoms with E-state index in [1.807, 2.05) is 0 Å². The van der Waals surface area contributed by atoms with Gasteiger partial charge < -0.3 is 14.8 Å². The molecule has 3 aromatic rings. The molecule has 0 saturated heterocycles. The van der Waals surface area contributed by atoms with E-state index < -0.39 is 41.3 Å². The van der Waals surface area contributed by atoms with E-state index in [-0.39, 0.29) is 66.9 Å². The third kappa shape index (κ3) is 8.33. The lowest BCUT2D eigenvalue weighted by Gasteiger charge is -2.20. The number of amides is 3. The van der Waals surface area contributed by atoms with Crippen LogP contribution < -0.4 is 21.1 Å². The third-order valence-electron chi connectivity index (χ3n) is 5.43. The number of carbonyl (C=O) groups is 5. The number of hydrogen-bond donors (Lipinski definition) is 3. The maximum absolute atomic E-state index is 12.8. The zero-order valence-electron chi connectivity index (χ0n) is 23.3. The maximum Gasteiger partial charge on any atom is 0.328 e. The first-order chi connectivity index (χ1) is 20.0. The van der Waals surface area contributed by atoms with Gasteiger partial charge in [-0.15, -0.1) is 0 Å². The Morgan fingerprint density at radius 1 is 0.976 bits per heavy atom. The number of carbonyl (C=O) groups excluding carboxylic acids is 5. The fraction of sp³-hybridized carbons (Fsp3) is 0.400. The molecule has 0 radical (unpaired) electrons. The van der Waals surface area contributed by atoms with Crippen LogP contribution in [0.25, 0.3) is 11.2 Å². The standard InChI is InChI=1S/C25H29N9O8/c1-5-41-19(37)8-7-16(24(40)42-6-2)31-22(38)17-10-27-18(11-26-17)34(14(4)36)12-15-9-28-21-20(30-15)23(39)33-25(32-21)29-13(3)35/h9-11,16H,5-8,12H2,1-4H3,(H,31,38)(H2,28,29,32,33,35,39). The van der Waals surface area contributed by atoms with Crippen molar-refractivity contribution in [1.82, 2.24) is 35.2 Å². The van der Waals surface area contributed by atoms with E-state index in [0.29, 0.717) is 0 Å². The number of rotatable bonds is 12. The number of ether oxygens (including phenoxy) is 2. The lowest BCUT2D eigenvalue weighted by Crippen LogP contribution is -2.42. The van der Waals surface area contributed by atoms with Crippen LogP contribution in [0.1, 0.15) is 56.7 Å². The second-order valence-corrected chi connectivity index (χ2v) is 8.62. The second-order valence-electron chi connectivity index (χ2n) is 8.62. The quantitative estimate of drug-likeness (QED) is 0.239. The van der Waals surface area contributed by atoms with Crippen LogP contribution in [0, 0.1) is 0 Å². The fourth-order valence-electron chi connectivity index (χ4n) is 3.57. The van der Waals surface area contributed by atoms with Gasteiger partial charge in [-0.3, -0.25) is 39.2 Å².